The normalized spacial score (nSPS) is 32.3. The average molecular weight is 253 g/mol. The van der Waals surface area contributed by atoms with Crippen LogP contribution in [0.15, 0.2) is 0 Å². The van der Waals surface area contributed by atoms with E-state index in [2.05, 4.69) is 35.9 Å². The molecule has 0 radical (unpaired) electrons. The topological polar surface area (TPSA) is 35.6 Å². The van der Waals surface area contributed by atoms with E-state index in [9.17, 15) is 4.79 Å². The zero-order valence-corrected chi connectivity index (χ0v) is 12.0. The molecule has 0 aliphatic carbocycles. The third kappa shape index (κ3) is 3.23. The Morgan fingerprint density at radius 3 is 2.28 bits per heavy atom. The van der Waals surface area contributed by atoms with Gasteiger partial charge in [-0.2, -0.15) is 0 Å². The molecule has 18 heavy (non-hydrogen) atoms. The number of hydrogen-bond donors (Lipinski definition) is 1. The third-order valence-electron chi connectivity index (χ3n) is 4.24. The molecule has 2 aliphatic rings. The number of rotatable bonds is 2. The van der Waals surface area contributed by atoms with Crippen molar-refractivity contribution in [2.24, 2.45) is 11.8 Å². The number of hydrogen-bond acceptors (Lipinski definition) is 3. The van der Waals surface area contributed by atoms with Crippen LogP contribution in [0.5, 0.6) is 0 Å². The van der Waals surface area contributed by atoms with Crippen molar-refractivity contribution in [3.63, 3.8) is 0 Å². The van der Waals surface area contributed by atoms with Crippen LogP contribution >= 0.6 is 0 Å². The molecule has 2 fully saturated rings. The van der Waals surface area contributed by atoms with Crippen molar-refractivity contribution < 1.29 is 4.79 Å². The molecule has 0 aromatic rings. The van der Waals surface area contributed by atoms with Gasteiger partial charge in [0.15, 0.2) is 0 Å². The molecule has 0 aromatic carbocycles. The minimum atomic E-state index is 0.0459. The van der Waals surface area contributed by atoms with Gasteiger partial charge in [0.05, 0.1) is 6.04 Å². The maximum Gasteiger partial charge on any atom is 0.239 e. The van der Waals surface area contributed by atoms with Crippen LogP contribution in [0, 0.1) is 11.8 Å². The second-order valence-electron chi connectivity index (χ2n) is 6.15. The fourth-order valence-electron chi connectivity index (χ4n) is 3.33. The summed E-state index contributed by atoms with van der Waals surface area (Å²) in [5.74, 6) is 1.62. The Morgan fingerprint density at radius 1 is 1.17 bits per heavy atom. The molecule has 0 unspecified atom stereocenters. The molecular weight excluding hydrogens is 226 g/mol. The lowest BCUT2D eigenvalue weighted by Gasteiger charge is -2.39. The molecule has 2 heterocycles. The van der Waals surface area contributed by atoms with E-state index in [1.807, 2.05) is 0 Å². The van der Waals surface area contributed by atoms with Gasteiger partial charge in [-0.25, -0.2) is 0 Å². The van der Waals surface area contributed by atoms with Crippen LogP contribution in [0.1, 0.15) is 27.2 Å². The molecular formula is C14H27N3O. The molecule has 2 rings (SSSR count). The lowest BCUT2D eigenvalue weighted by Crippen LogP contribution is -2.55. The summed E-state index contributed by atoms with van der Waals surface area (Å²) in [6, 6.07) is 0.0459. The van der Waals surface area contributed by atoms with Crippen molar-refractivity contribution >= 4 is 5.91 Å². The molecule has 1 amide bonds. The van der Waals surface area contributed by atoms with Crippen molar-refractivity contribution in [1.29, 1.82) is 0 Å². The molecule has 0 bridgehead atoms. The number of carbonyl (C=O) groups is 1. The van der Waals surface area contributed by atoms with Gasteiger partial charge in [-0.05, 0) is 25.2 Å². The summed E-state index contributed by atoms with van der Waals surface area (Å²) in [5, 5.41) is 3.34. The van der Waals surface area contributed by atoms with Gasteiger partial charge in [-0.15, -0.1) is 0 Å². The van der Waals surface area contributed by atoms with Crippen molar-refractivity contribution in [2.45, 2.75) is 33.2 Å². The van der Waals surface area contributed by atoms with Crippen LogP contribution in [-0.2, 0) is 4.79 Å². The number of nitrogens with zero attached hydrogens (tertiary/aromatic N) is 2. The van der Waals surface area contributed by atoms with E-state index in [1.165, 1.54) is 6.42 Å². The first-order chi connectivity index (χ1) is 8.58. The zero-order chi connectivity index (χ0) is 13.1. The van der Waals surface area contributed by atoms with E-state index in [4.69, 9.17) is 0 Å². The molecule has 1 N–H and O–H groups in total. The molecule has 3 atom stereocenters. The maximum absolute atomic E-state index is 12.6. The highest BCUT2D eigenvalue weighted by molar-refractivity contribution is 5.81. The molecule has 104 valence electrons. The van der Waals surface area contributed by atoms with Crippen molar-refractivity contribution in [3.05, 3.63) is 0 Å². The lowest BCUT2D eigenvalue weighted by atomic mass is 9.91. The van der Waals surface area contributed by atoms with Crippen molar-refractivity contribution in [2.75, 3.05) is 39.3 Å². The average Bonchev–Trinajstić information content (AvgIpc) is 2.37. The second-order valence-corrected chi connectivity index (χ2v) is 6.15. The van der Waals surface area contributed by atoms with Gasteiger partial charge < -0.3 is 10.2 Å². The summed E-state index contributed by atoms with van der Waals surface area (Å²) in [5.41, 5.74) is 0. The second kappa shape index (κ2) is 6.02. The van der Waals surface area contributed by atoms with E-state index < -0.39 is 0 Å². The highest BCUT2D eigenvalue weighted by Gasteiger charge is 2.31. The van der Waals surface area contributed by atoms with Crippen LogP contribution in [-0.4, -0.2) is 61.0 Å². The Bertz CT molecular complexity index is 279. The van der Waals surface area contributed by atoms with Gasteiger partial charge in [-0.3, -0.25) is 9.69 Å². The fraction of sp³-hybridized carbons (Fsp3) is 0.929. The maximum atomic E-state index is 12.6. The molecule has 4 nitrogen and oxygen atoms in total. The summed E-state index contributed by atoms with van der Waals surface area (Å²) < 4.78 is 0. The lowest BCUT2D eigenvalue weighted by molar-refractivity contribution is -0.139. The fourth-order valence-corrected chi connectivity index (χ4v) is 3.33. The van der Waals surface area contributed by atoms with Gasteiger partial charge in [0.25, 0.3) is 0 Å². The van der Waals surface area contributed by atoms with Crippen molar-refractivity contribution in [1.82, 2.24) is 15.1 Å². The summed E-state index contributed by atoms with van der Waals surface area (Å²) in [6.45, 7) is 12.5. The van der Waals surface area contributed by atoms with Crippen LogP contribution in [0.4, 0.5) is 0 Å². The first kappa shape index (κ1) is 13.8. The van der Waals surface area contributed by atoms with Crippen LogP contribution < -0.4 is 5.32 Å². The SMILES string of the molecule is C[C@@H]1C[C@H](C)CN(C(=O)[C@@H](C)N2CCNCC2)C1. The Kier molecular flexibility index (Phi) is 4.62. The molecule has 0 aromatic heterocycles. The summed E-state index contributed by atoms with van der Waals surface area (Å²) in [4.78, 5) is 16.9. The monoisotopic (exact) mass is 253 g/mol. The smallest absolute Gasteiger partial charge is 0.239 e. The molecule has 0 saturated carbocycles. The molecule has 0 spiro atoms. The minimum Gasteiger partial charge on any atom is -0.341 e. The van der Waals surface area contributed by atoms with Gasteiger partial charge >= 0.3 is 0 Å². The summed E-state index contributed by atoms with van der Waals surface area (Å²) in [7, 11) is 0. The van der Waals surface area contributed by atoms with Crippen LogP contribution in [0.25, 0.3) is 0 Å². The number of amides is 1. The standard InChI is InChI=1S/C14H27N3O/c1-11-8-12(2)10-17(9-11)14(18)13(3)16-6-4-15-5-7-16/h11-13,15H,4-10H2,1-3H3/t11-,12+,13-/m1/s1. The third-order valence-corrected chi connectivity index (χ3v) is 4.24. The Balaban J connectivity index is 1.92. The minimum absolute atomic E-state index is 0.0459. The predicted molar refractivity (Wildman–Crippen MR) is 73.4 cm³/mol. The Labute approximate surface area is 111 Å². The van der Waals surface area contributed by atoms with Gasteiger partial charge in [0.2, 0.25) is 5.91 Å². The predicted octanol–water partition coefficient (Wildman–Crippen LogP) is 0.785. The van der Waals surface area contributed by atoms with Crippen LogP contribution in [0.3, 0.4) is 0 Å². The van der Waals surface area contributed by atoms with E-state index in [0.717, 1.165) is 39.3 Å². The van der Waals surface area contributed by atoms with Crippen LogP contribution in [0.2, 0.25) is 0 Å². The highest BCUT2D eigenvalue weighted by atomic mass is 16.2. The number of carbonyl (C=O) groups excluding carboxylic acids is 1. The number of piperazine rings is 1. The Hall–Kier alpha value is -0.610. The van der Waals surface area contributed by atoms with Gasteiger partial charge in [0, 0.05) is 39.3 Å². The van der Waals surface area contributed by atoms with E-state index in [0.29, 0.717) is 17.7 Å². The zero-order valence-electron chi connectivity index (χ0n) is 12.0. The Morgan fingerprint density at radius 2 is 1.72 bits per heavy atom. The van der Waals surface area contributed by atoms with E-state index in [1.54, 1.807) is 0 Å². The number of piperidine rings is 1. The number of nitrogens with one attached hydrogen (secondary N) is 1. The van der Waals surface area contributed by atoms with Gasteiger partial charge in [-0.1, -0.05) is 13.8 Å². The van der Waals surface area contributed by atoms with E-state index >= 15 is 0 Å². The number of likely N-dealkylation sites (tertiary alicyclic amines) is 1. The van der Waals surface area contributed by atoms with Crippen molar-refractivity contribution in [3.8, 4) is 0 Å². The molecule has 4 heteroatoms. The first-order valence-electron chi connectivity index (χ1n) is 7.31. The molecule has 2 saturated heterocycles. The summed E-state index contributed by atoms with van der Waals surface area (Å²) in [6.07, 6.45) is 1.26. The quantitative estimate of drug-likeness (QED) is 0.790. The summed E-state index contributed by atoms with van der Waals surface area (Å²) >= 11 is 0. The first-order valence-corrected chi connectivity index (χ1v) is 7.31. The highest BCUT2D eigenvalue weighted by Crippen LogP contribution is 2.22. The largest absolute Gasteiger partial charge is 0.341 e. The molecule has 2 aliphatic heterocycles. The van der Waals surface area contributed by atoms with Gasteiger partial charge in [0.1, 0.15) is 0 Å². The van der Waals surface area contributed by atoms with E-state index in [-0.39, 0.29) is 6.04 Å².